The number of aromatic amines is 1. The minimum Gasteiger partial charge on any atom is -0.365 e. The van der Waals surface area contributed by atoms with Crippen molar-refractivity contribution in [2.45, 2.75) is 6.04 Å². The minimum absolute atomic E-state index is 0.671. The Labute approximate surface area is 135 Å². The van der Waals surface area contributed by atoms with Gasteiger partial charge in [0.2, 0.25) is 0 Å². The molecule has 0 amide bonds. The summed E-state index contributed by atoms with van der Waals surface area (Å²) >= 11 is 0. The van der Waals surface area contributed by atoms with E-state index in [4.69, 9.17) is 0 Å². The summed E-state index contributed by atoms with van der Waals surface area (Å²) in [4.78, 5) is 12.7. The van der Waals surface area contributed by atoms with Crippen LogP contribution in [0.5, 0.6) is 0 Å². The number of benzene rings is 1. The van der Waals surface area contributed by atoms with E-state index in [1.165, 1.54) is 40.8 Å². The smallest absolute Gasteiger partial charge is 0.0562 e. The van der Waals surface area contributed by atoms with Gasteiger partial charge in [-0.05, 0) is 42.3 Å². The van der Waals surface area contributed by atoms with Crippen LogP contribution < -0.4 is 4.90 Å². The van der Waals surface area contributed by atoms with Gasteiger partial charge in [0.25, 0.3) is 0 Å². The predicted molar refractivity (Wildman–Crippen MR) is 93.7 cm³/mol. The number of hydrogen-bond donors (Lipinski definition) is 1. The van der Waals surface area contributed by atoms with Gasteiger partial charge in [0.1, 0.15) is 0 Å². The van der Waals surface area contributed by atoms with Crippen LogP contribution in [-0.4, -0.2) is 47.6 Å². The van der Waals surface area contributed by atoms with Crippen molar-refractivity contribution < 1.29 is 0 Å². The van der Waals surface area contributed by atoms with Gasteiger partial charge < -0.3 is 14.8 Å². The first-order chi connectivity index (χ1) is 11.3. The number of likely N-dealkylation sites (tertiary alicyclic amines) is 1. The van der Waals surface area contributed by atoms with Crippen LogP contribution in [0.4, 0.5) is 5.69 Å². The number of anilines is 1. The molecule has 0 radical (unpaired) electrons. The fraction of sp³-hybridized carbons (Fsp3) is 0.316. The molecule has 1 aromatic carbocycles. The molecule has 0 bridgehead atoms. The summed E-state index contributed by atoms with van der Waals surface area (Å²) in [5.74, 6) is 0.833. The first-order valence-corrected chi connectivity index (χ1v) is 8.26. The maximum Gasteiger partial charge on any atom is 0.0562 e. The Hall–Kier alpha value is -2.33. The molecule has 5 rings (SSSR count). The monoisotopic (exact) mass is 304 g/mol. The van der Waals surface area contributed by atoms with Gasteiger partial charge >= 0.3 is 0 Å². The molecule has 2 fully saturated rings. The molecule has 2 atom stereocenters. The Balaban J connectivity index is 1.48. The van der Waals surface area contributed by atoms with Crippen molar-refractivity contribution in [3.8, 4) is 11.1 Å². The summed E-state index contributed by atoms with van der Waals surface area (Å²) in [6.07, 6.45) is 5.96. The second kappa shape index (κ2) is 4.83. The zero-order chi connectivity index (χ0) is 15.4. The molecule has 0 spiro atoms. The second-order valence-corrected chi connectivity index (χ2v) is 6.91. The summed E-state index contributed by atoms with van der Waals surface area (Å²) in [6.45, 7) is 3.57. The third-order valence-electron chi connectivity index (χ3n) is 5.36. The van der Waals surface area contributed by atoms with E-state index in [9.17, 15) is 0 Å². The lowest BCUT2D eigenvalue weighted by Crippen LogP contribution is -2.55. The van der Waals surface area contributed by atoms with E-state index in [-0.39, 0.29) is 0 Å². The number of nitrogens with zero attached hydrogens (tertiary/aromatic N) is 3. The highest BCUT2D eigenvalue weighted by Crippen LogP contribution is 2.37. The van der Waals surface area contributed by atoms with Crippen molar-refractivity contribution in [2.75, 3.05) is 31.6 Å². The maximum absolute atomic E-state index is 4.50. The van der Waals surface area contributed by atoms with Crippen molar-refractivity contribution in [1.29, 1.82) is 0 Å². The van der Waals surface area contributed by atoms with Gasteiger partial charge in [-0.25, -0.2) is 0 Å². The zero-order valence-electron chi connectivity index (χ0n) is 13.2. The van der Waals surface area contributed by atoms with E-state index in [0.29, 0.717) is 6.04 Å². The third-order valence-corrected chi connectivity index (χ3v) is 5.36. The van der Waals surface area contributed by atoms with E-state index in [1.54, 1.807) is 0 Å². The maximum atomic E-state index is 4.50. The fourth-order valence-electron chi connectivity index (χ4n) is 4.12. The number of aromatic nitrogens is 2. The molecule has 4 heterocycles. The van der Waals surface area contributed by atoms with E-state index < -0.39 is 0 Å². The van der Waals surface area contributed by atoms with Gasteiger partial charge in [-0.15, -0.1) is 0 Å². The Kier molecular flexibility index (Phi) is 2.76. The second-order valence-electron chi connectivity index (χ2n) is 6.91. The van der Waals surface area contributed by atoms with E-state index in [2.05, 4.69) is 57.1 Å². The molecule has 4 nitrogen and oxygen atoms in total. The first-order valence-electron chi connectivity index (χ1n) is 8.26. The summed E-state index contributed by atoms with van der Waals surface area (Å²) in [5.41, 5.74) is 4.86. The summed E-state index contributed by atoms with van der Waals surface area (Å²) in [7, 11) is 2.22. The van der Waals surface area contributed by atoms with Crippen LogP contribution in [0.1, 0.15) is 0 Å². The Morgan fingerprint density at radius 3 is 2.91 bits per heavy atom. The fourth-order valence-corrected chi connectivity index (χ4v) is 4.12. The molecular weight excluding hydrogens is 284 g/mol. The molecule has 0 saturated carbocycles. The largest absolute Gasteiger partial charge is 0.365 e. The normalized spacial score (nSPS) is 24.0. The third kappa shape index (κ3) is 2.05. The highest BCUT2D eigenvalue weighted by molar-refractivity contribution is 5.85. The molecular formula is C19H20N4. The molecule has 116 valence electrons. The number of fused-ring (bicyclic) bond motifs is 2. The number of pyridine rings is 1. The van der Waals surface area contributed by atoms with E-state index in [0.717, 1.165) is 12.5 Å². The molecule has 0 aliphatic carbocycles. The number of nitrogens with one attached hydrogen (secondary N) is 1. The molecule has 2 aliphatic heterocycles. The van der Waals surface area contributed by atoms with Crippen LogP contribution >= 0.6 is 0 Å². The molecule has 4 heteroatoms. The first kappa shape index (κ1) is 13.1. The van der Waals surface area contributed by atoms with Crippen molar-refractivity contribution in [1.82, 2.24) is 14.9 Å². The quantitative estimate of drug-likeness (QED) is 0.790. The van der Waals surface area contributed by atoms with Crippen molar-refractivity contribution >= 4 is 16.6 Å². The van der Waals surface area contributed by atoms with Gasteiger partial charge in [-0.3, -0.25) is 4.98 Å². The lowest BCUT2D eigenvalue weighted by molar-refractivity contribution is 0.361. The average Bonchev–Trinajstić information content (AvgIpc) is 3.14. The number of hydrogen-bond acceptors (Lipinski definition) is 3. The lowest BCUT2D eigenvalue weighted by Gasteiger charge is -2.45. The highest BCUT2D eigenvalue weighted by atomic mass is 15.3. The van der Waals surface area contributed by atoms with Crippen LogP contribution in [0.15, 0.2) is 48.9 Å². The Morgan fingerprint density at radius 1 is 1.04 bits per heavy atom. The van der Waals surface area contributed by atoms with E-state index in [1.807, 2.05) is 18.6 Å². The van der Waals surface area contributed by atoms with Crippen LogP contribution in [0, 0.1) is 5.92 Å². The van der Waals surface area contributed by atoms with Gasteiger partial charge in [-0.1, -0.05) is 6.07 Å². The summed E-state index contributed by atoms with van der Waals surface area (Å²) in [5, 5.41) is 1.24. The van der Waals surface area contributed by atoms with Gasteiger partial charge in [-0.2, -0.15) is 0 Å². The average molecular weight is 304 g/mol. The zero-order valence-corrected chi connectivity index (χ0v) is 13.2. The lowest BCUT2D eigenvalue weighted by atomic mass is 9.91. The summed E-state index contributed by atoms with van der Waals surface area (Å²) < 4.78 is 0. The number of likely N-dealkylation sites (N-methyl/N-ethyl adjacent to an activating group) is 1. The molecule has 2 saturated heterocycles. The van der Waals surface area contributed by atoms with Crippen LogP contribution in [-0.2, 0) is 0 Å². The van der Waals surface area contributed by atoms with Crippen LogP contribution in [0.25, 0.3) is 22.0 Å². The SMILES string of the molecule is CN1C[C@H]2CN(c3cncc(-c4ccc5[nH]ccc5c4)c3)[C@@H]2C1. The van der Waals surface area contributed by atoms with Gasteiger partial charge in [0.05, 0.1) is 11.9 Å². The number of H-pyrrole nitrogens is 1. The topological polar surface area (TPSA) is 35.2 Å². The van der Waals surface area contributed by atoms with Crippen molar-refractivity contribution in [2.24, 2.45) is 5.92 Å². The minimum atomic E-state index is 0.671. The molecule has 23 heavy (non-hydrogen) atoms. The molecule has 2 aliphatic rings. The van der Waals surface area contributed by atoms with Crippen LogP contribution in [0.3, 0.4) is 0 Å². The van der Waals surface area contributed by atoms with Crippen LogP contribution in [0.2, 0.25) is 0 Å². The predicted octanol–water partition coefficient (Wildman–Crippen LogP) is 2.98. The van der Waals surface area contributed by atoms with Crippen molar-refractivity contribution in [3.63, 3.8) is 0 Å². The van der Waals surface area contributed by atoms with Crippen molar-refractivity contribution in [3.05, 3.63) is 48.9 Å². The highest BCUT2D eigenvalue weighted by Gasteiger charge is 2.44. The molecule has 1 N–H and O–H groups in total. The number of rotatable bonds is 2. The molecule has 3 aromatic rings. The van der Waals surface area contributed by atoms with Gasteiger partial charge in [0.15, 0.2) is 0 Å². The standard InChI is InChI=1S/C19H20N4/c1-22-10-16-11-23(19(16)12-22)17-7-15(8-20-9-17)13-2-3-18-14(6-13)4-5-21-18/h2-9,16,19,21H,10-12H2,1H3/t16-,19+/m0/s1. The summed E-state index contributed by atoms with van der Waals surface area (Å²) in [6, 6.07) is 11.6. The van der Waals surface area contributed by atoms with Gasteiger partial charge in [0, 0.05) is 55.1 Å². The molecule has 2 aromatic heterocycles. The Bertz CT molecular complexity index is 868. The molecule has 0 unspecified atom stereocenters. The Morgan fingerprint density at radius 2 is 2.00 bits per heavy atom. The van der Waals surface area contributed by atoms with E-state index >= 15 is 0 Å².